The highest BCUT2D eigenvalue weighted by atomic mass is 16.5. The van der Waals surface area contributed by atoms with Crippen molar-refractivity contribution in [3.63, 3.8) is 0 Å². The van der Waals surface area contributed by atoms with Gasteiger partial charge < -0.3 is 14.8 Å². The van der Waals surface area contributed by atoms with E-state index in [0.29, 0.717) is 19.8 Å². The number of rotatable bonds is 8. The number of hydrogen-bond acceptors (Lipinski definition) is 3. The summed E-state index contributed by atoms with van der Waals surface area (Å²) in [6.07, 6.45) is 0. The molecule has 2 rings (SSSR count). The minimum Gasteiger partial charge on any atom is -0.382 e. The molecule has 0 aliphatic rings. The van der Waals surface area contributed by atoms with E-state index in [1.165, 1.54) is 16.3 Å². The summed E-state index contributed by atoms with van der Waals surface area (Å²) in [5, 5.41) is 6.01. The number of likely N-dealkylation sites (N-methyl/N-ethyl adjacent to an activating group) is 1. The molecule has 0 saturated heterocycles. The van der Waals surface area contributed by atoms with Crippen molar-refractivity contribution in [2.45, 2.75) is 13.0 Å². The average molecular weight is 273 g/mol. The first-order valence-electron chi connectivity index (χ1n) is 7.14. The number of nitrogens with one attached hydrogen (secondary N) is 1. The van der Waals surface area contributed by atoms with Crippen molar-refractivity contribution in [2.75, 3.05) is 33.5 Å². The van der Waals surface area contributed by atoms with E-state index in [0.717, 1.165) is 6.54 Å². The van der Waals surface area contributed by atoms with Crippen LogP contribution in [-0.4, -0.2) is 33.5 Å². The van der Waals surface area contributed by atoms with E-state index in [1.54, 1.807) is 7.11 Å². The summed E-state index contributed by atoms with van der Waals surface area (Å²) in [4.78, 5) is 0. The van der Waals surface area contributed by atoms with Gasteiger partial charge in [0.15, 0.2) is 0 Å². The van der Waals surface area contributed by atoms with Crippen LogP contribution in [0.15, 0.2) is 42.5 Å². The summed E-state index contributed by atoms with van der Waals surface area (Å²) in [6.45, 7) is 4.96. The second-order valence-corrected chi connectivity index (χ2v) is 4.78. The topological polar surface area (TPSA) is 30.5 Å². The normalized spacial score (nSPS) is 12.7. The zero-order chi connectivity index (χ0) is 14.2. The molecule has 0 fully saturated rings. The SMILES string of the molecule is CCNC(COCCOC)c1ccc2ccccc2c1. The molecule has 0 aromatic heterocycles. The Morgan fingerprint density at radius 2 is 1.85 bits per heavy atom. The van der Waals surface area contributed by atoms with Crippen LogP contribution in [0.3, 0.4) is 0 Å². The van der Waals surface area contributed by atoms with E-state index >= 15 is 0 Å². The second kappa shape index (κ2) is 8.00. The molecule has 20 heavy (non-hydrogen) atoms. The number of benzene rings is 2. The molecule has 0 saturated carbocycles. The van der Waals surface area contributed by atoms with Crippen molar-refractivity contribution in [3.8, 4) is 0 Å². The molecule has 2 aromatic carbocycles. The summed E-state index contributed by atoms with van der Waals surface area (Å²) >= 11 is 0. The molecular formula is C17H23NO2. The molecule has 1 unspecified atom stereocenters. The summed E-state index contributed by atoms with van der Waals surface area (Å²) in [5.41, 5.74) is 1.27. The van der Waals surface area contributed by atoms with Crippen LogP contribution >= 0.6 is 0 Å². The fourth-order valence-corrected chi connectivity index (χ4v) is 2.29. The summed E-state index contributed by atoms with van der Waals surface area (Å²) < 4.78 is 10.7. The van der Waals surface area contributed by atoms with Crippen molar-refractivity contribution in [1.82, 2.24) is 5.32 Å². The fourth-order valence-electron chi connectivity index (χ4n) is 2.29. The number of hydrogen-bond donors (Lipinski definition) is 1. The molecule has 1 atom stereocenters. The maximum atomic E-state index is 5.67. The first-order chi connectivity index (χ1) is 9.85. The average Bonchev–Trinajstić information content (AvgIpc) is 2.50. The van der Waals surface area contributed by atoms with Crippen molar-refractivity contribution < 1.29 is 9.47 Å². The van der Waals surface area contributed by atoms with E-state index in [-0.39, 0.29) is 6.04 Å². The minimum absolute atomic E-state index is 0.224. The van der Waals surface area contributed by atoms with Crippen molar-refractivity contribution >= 4 is 10.8 Å². The second-order valence-electron chi connectivity index (χ2n) is 4.78. The molecule has 0 aliphatic heterocycles. The highest BCUT2D eigenvalue weighted by Gasteiger charge is 2.10. The first kappa shape index (κ1) is 15.0. The molecule has 3 heteroatoms. The van der Waals surface area contributed by atoms with Gasteiger partial charge in [0, 0.05) is 7.11 Å². The predicted molar refractivity (Wildman–Crippen MR) is 83.1 cm³/mol. The van der Waals surface area contributed by atoms with Gasteiger partial charge in [-0.1, -0.05) is 43.3 Å². The van der Waals surface area contributed by atoms with E-state index in [9.17, 15) is 0 Å². The highest BCUT2D eigenvalue weighted by molar-refractivity contribution is 5.83. The minimum atomic E-state index is 0.224. The van der Waals surface area contributed by atoms with Crippen LogP contribution in [0.25, 0.3) is 10.8 Å². The number of methoxy groups -OCH3 is 1. The van der Waals surface area contributed by atoms with E-state index in [4.69, 9.17) is 9.47 Å². The van der Waals surface area contributed by atoms with E-state index in [1.807, 2.05) is 0 Å². The Balaban J connectivity index is 2.09. The van der Waals surface area contributed by atoms with Crippen LogP contribution in [0.2, 0.25) is 0 Å². The van der Waals surface area contributed by atoms with Crippen LogP contribution in [0, 0.1) is 0 Å². The lowest BCUT2D eigenvalue weighted by Crippen LogP contribution is -2.26. The quantitative estimate of drug-likeness (QED) is 0.749. The zero-order valence-electron chi connectivity index (χ0n) is 12.3. The smallest absolute Gasteiger partial charge is 0.0701 e. The van der Waals surface area contributed by atoms with Crippen molar-refractivity contribution in [2.24, 2.45) is 0 Å². The zero-order valence-corrected chi connectivity index (χ0v) is 12.3. The molecular weight excluding hydrogens is 250 g/mol. The predicted octanol–water partition coefficient (Wildman–Crippen LogP) is 3.15. The number of ether oxygens (including phenoxy) is 2. The van der Waals surface area contributed by atoms with Crippen molar-refractivity contribution in [3.05, 3.63) is 48.0 Å². The summed E-state index contributed by atoms with van der Waals surface area (Å²) in [5.74, 6) is 0. The lowest BCUT2D eigenvalue weighted by atomic mass is 10.0. The maximum Gasteiger partial charge on any atom is 0.0701 e. The highest BCUT2D eigenvalue weighted by Crippen LogP contribution is 2.20. The Hall–Kier alpha value is -1.42. The van der Waals surface area contributed by atoms with Gasteiger partial charge in [0.05, 0.1) is 25.9 Å². The Bertz CT molecular complexity index is 527. The van der Waals surface area contributed by atoms with Crippen LogP contribution in [0.4, 0.5) is 0 Å². The summed E-state index contributed by atoms with van der Waals surface area (Å²) in [6, 6.07) is 15.2. The van der Waals surface area contributed by atoms with Gasteiger partial charge in [-0.25, -0.2) is 0 Å². The number of fused-ring (bicyclic) bond motifs is 1. The Morgan fingerprint density at radius 3 is 2.60 bits per heavy atom. The molecule has 2 aromatic rings. The van der Waals surface area contributed by atoms with Gasteiger partial charge in [0.25, 0.3) is 0 Å². The Labute approximate surface area is 120 Å². The van der Waals surface area contributed by atoms with Gasteiger partial charge in [-0.15, -0.1) is 0 Å². The molecule has 0 amide bonds. The fraction of sp³-hybridized carbons (Fsp3) is 0.412. The third kappa shape index (κ3) is 4.04. The lowest BCUT2D eigenvalue weighted by molar-refractivity contribution is 0.0588. The van der Waals surface area contributed by atoms with Gasteiger partial charge in [-0.05, 0) is 28.9 Å². The van der Waals surface area contributed by atoms with Crippen LogP contribution < -0.4 is 5.32 Å². The molecule has 108 valence electrons. The molecule has 0 heterocycles. The van der Waals surface area contributed by atoms with Gasteiger partial charge in [0.1, 0.15) is 0 Å². The van der Waals surface area contributed by atoms with Crippen LogP contribution in [0.1, 0.15) is 18.5 Å². The molecule has 0 bridgehead atoms. The van der Waals surface area contributed by atoms with Gasteiger partial charge in [0.2, 0.25) is 0 Å². The molecule has 0 radical (unpaired) electrons. The van der Waals surface area contributed by atoms with Gasteiger partial charge in [-0.3, -0.25) is 0 Å². The first-order valence-corrected chi connectivity index (χ1v) is 7.14. The summed E-state index contributed by atoms with van der Waals surface area (Å²) in [7, 11) is 1.69. The maximum absolute atomic E-state index is 5.67. The van der Waals surface area contributed by atoms with Gasteiger partial charge >= 0.3 is 0 Å². The standard InChI is InChI=1S/C17H23NO2/c1-3-18-17(13-20-11-10-19-2)16-9-8-14-6-4-5-7-15(14)12-16/h4-9,12,17-18H,3,10-11,13H2,1-2H3. The van der Waals surface area contributed by atoms with Crippen LogP contribution in [0.5, 0.6) is 0 Å². The Morgan fingerprint density at radius 1 is 1.05 bits per heavy atom. The third-order valence-corrected chi connectivity index (χ3v) is 3.34. The molecule has 1 N–H and O–H groups in total. The monoisotopic (exact) mass is 273 g/mol. The lowest BCUT2D eigenvalue weighted by Gasteiger charge is -2.19. The van der Waals surface area contributed by atoms with Crippen molar-refractivity contribution in [1.29, 1.82) is 0 Å². The van der Waals surface area contributed by atoms with E-state index < -0.39 is 0 Å². The Kier molecular flexibility index (Phi) is 5.99. The van der Waals surface area contributed by atoms with E-state index in [2.05, 4.69) is 54.7 Å². The molecule has 0 aliphatic carbocycles. The molecule has 0 spiro atoms. The largest absolute Gasteiger partial charge is 0.382 e. The van der Waals surface area contributed by atoms with Crippen LogP contribution in [-0.2, 0) is 9.47 Å². The third-order valence-electron chi connectivity index (χ3n) is 3.34. The molecule has 3 nitrogen and oxygen atoms in total. The van der Waals surface area contributed by atoms with Gasteiger partial charge in [-0.2, -0.15) is 0 Å².